The van der Waals surface area contributed by atoms with E-state index >= 15 is 0 Å². The first-order chi connectivity index (χ1) is 8.72. The highest BCUT2D eigenvalue weighted by Gasteiger charge is 2.06. The van der Waals surface area contributed by atoms with Crippen LogP contribution in [0.15, 0.2) is 47.1 Å². The molecule has 0 atom stereocenters. The van der Waals surface area contributed by atoms with E-state index < -0.39 is 0 Å². The maximum Gasteiger partial charge on any atom is 0.158 e. The Labute approximate surface area is 114 Å². The van der Waals surface area contributed by atoms with Gasteiger partial charge in [-0.25, -0.2) is 9.50 Å². The smallest absolute Gasteiger partial charge is 0.158 e. The Morgan fingerprint density at radius 2 is 2.11 bits per heavy atom. The van der Waals surface area contributed by atoms with Gasteiger partial charge >= 0.3 is 0 Å². The number of rotatable bonds is 2. The van der Waals surface area contributed by atoms with E-state index in [1.165, 1.54) is 5.56 Å². The lowest BCUT2D eigenvalue weighted by molar-refractivity contribution is 0.898. The standard InChI is InChI=1S/C14H12BrN3/c1-10-4-3-7-18-14(10)16-13(17-18)9-11-5-2-6-12(15)8-11/h2-8H,9H2,1H3. The second kappa shape index (κ2) is 4.53. The van der Waals surface area contributed by atoms with Crippen LogP contribution in [0.4, 0.5) is 0 Å². The van der Waals surface area contributed by atoms with Crippen molar-refractivity contribution < 1.29 is 0 Å². The summed E-state index contributed by atoms with van der Waals surface area (Å²) in [6.45, 7) is 2.05. The number of fused-ring (bicyclic) bond motifs is 1. The van der Waals surface area contributed by atoms with E-state index in [0.29, 0.717) is 0 Å². The number of aryl methyl sites for hydroxylation is 1. The maximum absolute atomic E-state index is 4.57. The van der Waals surface area contributed by atoms with Crippen molar-refractivity contribution in [3.8, 4) is 0 Å². The Balaban J connectivity index is 1.98. The van der Waals surface area contributed by atoms with Crippen LogP contribution < -0.4 is 0 Å². The highest BCUT2D eigenvalue weighted by molar-refractivity contribution is 9.10. The van der Waals surface area contributed by atoms with Crippen LogP contribution in [-0.4, -0.2) is 14.6 Å². The Morgan fingerprint density at radius 1 is 1.22 bits per heavy atom. The average molecular weight is 302 g/mol. The molecule has 0 unspecified atom stereocenters. The molecule has 3 aromatic rings. The molecule has 0 bridgehead atoms. The fourth-order valence-electron chi connectivity index (χ4n) is 1.99. The Hall–Kier alpha value is -1.68. The van der Waals surface area contributed by atoms with Gasteiger partial charge in [0.15, 0.2) is 11.5 Å². The summed E-state index contributed by atoms with van der Waals surface area (Å²) in [5.41, 5.74) is 3.28. The van der Waals surface area contributed by atoms with Gasteiger partial charge in [-0.15, -0.1) is 0 Å². The molecule has 0 spiro atoms. The van der Waals surface area contributed by atoms with Gasteiger partial charge in [0.05, 0.1) is 0 Å². The highest BCUT2D eigenvalue weighted by Crippen LogP contribution is 2.15. The first kappa shape index (κ1) is 11.4. The number of halogens is 1. The quantitative estimate of drug-likeness (QED) is 0.726. The summed E-state index contributed by atoms with van der Waals surface area (Å²) >= 11 is 3.48. The molecule has 2 aromatic heterocycles. The minimum atomic E-state index is 0.751. The van der Waals surface area contributed by atoms with Crippen LogP contribution in [0.25, 0.3) is 5.65 Å². The van der Waals surface area contributed by atoms with Crippen molar-refractivity contribution in [2.24, 2.45) is 0 Å². The third-order valence-corrected chi connectivity index (χ3v) is 3.35. The summed E-state index contributed by atoms with van der Waals surface area (Å²) in [5, 5.41) is 4.49. The lowest BCUT2D eigenvalue weighted by Crippen LogP contribution is -1.91. The fraction of sp³-hybridized carbons (Fsp3) is 0.143. The van der Waals surface area contributed by atoms with E-state index in [1.807, 2.05) is 41.9 Å². The first-order valence-electron chi connectivity index (χ1n) is 5.78. The molecule has 0 saturated heterocycles. The molecule has 0 amide bonds. The van der Waals surface area contributed by atoms with Crippen LogP contribution in [0.5, 0.6) is 0 Å². The van der Waals surface area contributed by atoms with E-state index in [4.69, 9.17) is 0 Å². The van der Waals surface area contributed by atoms with Gasteiger partial charge in [-0.2, -0.15) is 5.10 Å². The molecule has 0 saturated carbocycles. The number of benzene rings is 1. The average Bonchev–Trinajstić information content (AvgIpc) is 2.73. The third kappa shape index (κ3) is 2.16. The van der Waals surface area contributed by atoms with Crippen LogP contribution >= 0.6 is 15.9 Å². The van der Waals surface area contributed by atoms with E-state index in [1.54, 1.807) is 0 Å². The van der Waals surface area contributed by atoms with Crippen molar-refractivity contribution in [2.45, 2.75) is 13.3 Å². The van der Waals surface area contributed by atoms with Crippen LogP contribution in [-0.2, 0) is 6.42 Å². The second-order valence-electron chi connectivity index (χ2n) is 4.29. The molecule has 1 aromatic carbocycles. The summed E-state index contributed by atoms with van der Waals surface area (Å²) in [4.78, 5) is 4.57. The molecular formula is C14H12BrN3. The summed E-state index contributed by atoms with van der Waals surface area (Å²) in [5.74, 6) is 0.849. The van der Waals surface area contributed by atoms with E-state index in [2.05, 4.69) is 38.1 Å². The first-order valence-corrected chi connectivity index (χ1v) is 6.57. The van der Waals surface area contributed by atoms with Gasteiger partial charge in [0, 0.05) is 17.1 Å². The zero-order valence-corrected chi connectivity index (χ0v) is 11.6. The third-order valence-electron chi connectivity index (χ3n) is 2.85. The Morgan fingerprint density at radius 3 is 2.89 bits per heavy atom. The summed E-state index contributed by atoms with van der Waals surface area (Å²) in [6.07, 6.45) is 2.68. The monoisotopic (exact) mass is 301 g/mol. The number of hydrogen-bond donors (Lipinski definition) is 0. The van der Waals surface area contributed by atoms with Gasteiger partial charge < -0.3 is 0 Å². The molecule has 0 aliphatic carbocycles. The molecule has 90 valence electrons. The molecule has 3 rings (SSSR count). The predicted molar refractivity (Wildman–Crippen MR) is 74.7 cm³/mol. The normalized spacial score (nSPS) is 11.0. The zero-order chi connectivity index (χ0) is 12.5. The van der Waals surface area contributed by atoms with Gasteiger partial charge in [0.1, 0.15) is 0 Å². The molecule has 2 heterocycles. The number of hydrogen-bond acceptors (Lipinski definition) is 2. The van der Waals surface area contributed by atoms with Crippen LogP contribution in [0.1, 0.15) is 17.0 Å². The summed E-state index contributed by atoms with van der Waals surface area (Å²) in [7, 11) is 0. The minimum Gasteiger partial charge on any atom is -0.221 e. The summed E-state index contributed by atoms with van der Waals surface area (Å²) in [6, 6.07) is 12.3. The van der Waals surface area contributed by atoms with Crippen molar-refractivity contribution in [1.82, 2.24) is 14.6 Å². The second-order valence-corrected chi connectivity index (χ2v) is 5.21. The van der Waals surface area contributed by atoms with Gasteiger partial charge in [-0.1, -0.05) is 34.1 Å². The van der Waals surface area contributed by atoms with Gasteiger partial charge in [0.2, 0.25) is 0 Å². The largest absolute Gasteiger partial charge is 0.221 e. The maximum atomic E-state index is 4.57. The van der Waals surface area contributed by atoms with Gasteiger partial charge in [0.25, 0.3) is 0 Å². The Bertz CT molecular complexity index is 703. The van der Waals surface area contributed by atoms with Crippen molar-refractivity contribution in [1.29, 1.82) is 0 Å². The number of aromatic nitrogens is 3. The van der Waals surface area contributed by atoms with Gasteiger partial charge in [-0.05, 0) is 36.2 Å². The summed E-state index contributed by atoms with van der Waals surface area (Å²) < 4.78 is 2.92. The SMILES string of the molecule is Cc1cccn2nc(Cc3cccc(Br)c3)nc12. The van der Waals surface area contributed by atoms with Crippen molar-refractivity contribution in [2.75, 3.05) is 0 Å². The van der Waals surface area contributed by atoms with Crippen LogP contribution in [0.3, 0.4) is 0 Å². The molecule has 0 aliphatic rings. The highest BCUT2D eigenvalue weighted by atomic mass is 79.9. The van der Waals surface area contributed by atoms with E-state index in [0.717, 1.165) is 27.9 Å². The minimum absolute atomic E-state index is 0.751. The van der Waals surface area contributed by atoms with Crippen molar-refractivity contribution >= 4 is 21.6 Å². The number of pyridine rings is 1. The van der Waals surface area contributed by atoms with Crippen molar-refractivity contribution in [3.63, 3.8) is 0 Å². The predicted octanol–water partition coefficient (Wildman–Crippen LogP) is 3.39. The molecule has 0 aliphatic heterocycles. The zero-order valence-electron chi connectivity index (χ0n) is 9.97. The van der Waals surface area contributed by atoms with E-state index in [9.17, 15) is 0 Å². The molecule has 3 nitrogen and oxygen atoms in total. The van der Waals surface area contributed by atoms with Crippen LogP contribution in [0.2, 0.25) is 0 Å². The van der Waals surface area contributed by atoms with E-state index in [-0.39, 0.29) is 0 Å². The fourth-order valence-corrected chi connectivity index (χ4v) is 2.43. The molecule has 0 N–H and O–H groups in total. The topological polar surface area (TPSA) is 30.2 Å². The molecular weight excluding hydrogens is 290 g/mol. The number of nitrogens with zero attached hydrogens (tertiary/aromatic N) is 3. The van der Waals surface area contributed by atoms with Crippen LogP contribution in [0, 0.1) is 6.92 Å². The molecule has 4 heteroatoms. The Kier molecular flexibility index (Phi) is 2.88. The molecule has 18 heavy (non-hydrogen) atoms. The molecule has 0 fully saturated rings. The molecule has 0 radical (unpaired) electrons. The lowest BCUT2D eigenvalue weighted by Gasteiger charge is -1.97. The van der Waals surface area contributed by atoms with Gasteiger partial charge in [-0.3, -0.25) is 0 Å². The van der Waals surface area contributed by atoms with Crippen molar-refractivity contribution in [3.05, 3.63) is 64.0 Å². The lowest BCUT2D eigenvalue weighted by atomic mass is 10.1.